The second-order valence-electron chi connectivity index (χ2n) is 6.50. The predicted octanol–water partition coefficient (Wildman–Crippen LogP) is 4.27. The standard InChI is InChI=1S/C22H19FN4OS/c23-17-8-6-15(7-9-17)10-11-24-20(28)13-25-21-18-12-19(16-4-2-1-3-5-16)29-22(18)27-14-26-21/h1-9,12,14H,10-11,13H2,(H,24,28)(H,25,26,27). The molecule has 0 aliphatic heterocycles. The number of benzene rings is 2. The smallest absolute Gasteiger partial charge is 0.239 e. The molecule has 0 aliphatic rings. The Labute approximate surface area is 171 Å². The van der Waals surface area contributed by atoms with Crippen LogP contribution in [0, 0.1) is 5.82 Å². The number of halogens is 1. The molecule has 0 bridgehead atoms. The van der Waals surface area contributed by atoms with Crippen LogP contribution < -0.4 is 10.6 Å². The number of hydrogen-bond acceptors (Lipinski definition) is 5. The lowest BCUT2D eigenvalue weighted by Gasteiger charge is -2.08. The number of fused-ring (bicyclic) bond motifs is 1. The van der Waals surface area contributed by atoms with Gasteiger partial charge in [-0.2, -0.15) is 0 Å². The molecule has 2 N–H and O–H groups in total. The van der Waals surface area contributed by atoms with Crippen molar-refractivity contribution in [1.82, 2.24) is 15.3 Å². The van der Waals surface area contributed by atoms with E-state index in [1.165, 1.54) is 18.5 Å². The van der Waals surface area contributed by atoms with E-state index in [0.717, 1.165) is 26.2 Å². The first-order chi connectivity index (χ1) is 14.2. The van der Waals surface area contributed by atoms with Crippen LogP contribution in [0.5, 0.6) is 0 Å². The van der Waals surface area contributed by atoms with Gasteiger partial charge in [-0.1, -0.05) is 42.5 Å². The summed E-state index contributed by atoms with van der Waals surface area (Å²) in [6.07, 6.45) is 2.15. The topological polar surface area (TPSA) is 66.9 Å². The number of carbonyl (C=O) groups is 1. The molecule has 2 aromatic carbocycles. The van der Waals surface area contributed by atoms with Gasteiger partial charge >= 0.3 is 0 Å². The molecule has 146 valence electrons. The lowest BCUT2D eigenvalue weighted by Crippen LogP contribution is -2.31. The van der Waals surface area contributed by atoms with Crippen LogP contribution in [-0.2, 0) is 11.2 Å². The first-order valence-electron chi connectivity index (χ1n) is 9.24. The van der Waals surface area contributed by atoms with Gasteiger partial charge in [-0.25, -0.2) is 14.4 Å². The third-order valence-electron chi connectivity index (χ3n) is 4.45. The number of thiophene rings is 1. The van der Waals surface area contributed by atoms with Gasteiger partial charge in [0.15, 0.2) is 0 Å². The van der Waals surface area contributed by atoms with Crippen molar-refractivity contribution >= 4 is 33.3 Å². The SMILES string of the molecule is O=C(CNc1ncnc2sc(-c3ccccc3)cc12)NCCc1ccc(F)cc1. The summed E-state index contributed by atoms with van der Waals surface area (Å²) in [6.45, 7) is 0.605. The monoisotopic (exact) mass is 406 g/mol. The number of nitrogens with zero attached hydrogens (tertiary/aromatic N) is 2. The summed E-state index contributed by atoms with van der Waals surface area (Å²) in [4.78, 5) is 22.8. The minimum absolute atomic E-state index is 0.117. The number of rotatable bonds is 7. The van der Waals surface area contributed by atoms with Gasteiger partial charge in [-0.05, 0) is 35.7 Å². The molecule has 0 fully saturated rings. The number of amides is 1. The molecule has 4 rings (SSSR count). The van der Waals surface area contributed by atoms with Crippen molar-refractivity contribution in [1.29, 1.82) is 0 Å². The fourth-order valence-electron chi connectivity index (χ4n) is 2.96. The Balaban J connectivity index is 1.36. The zero-order chi connectivity index (χ0) is 20.1. The van der Waals surface area contributed by atoms with Crippen LogP contribution in [0.25, 0.3) is 20.7 Å². The average molecular weight is 406 g/mol. The molecular weight excluding hydrogens is 387 g/mol. The molecule has 0 spiro atoms. The summed E-state index contributed by atoms with van der Waals surface area (Å²) >= 11 is 1.59. The van der Waals surface area contributed by atoms with Crippen molar-refractivity contribution in [2.24, 2.45) is 0 Å². The van der Waals surface area contributed by atoms with Gasteiger partial charge in [-0.3, -0.25) is 4.79 Å². The highest BCUT2D eigenvalue weighted by Crippen LogP contribution is 2.34. The number of anilines is 1. The number of carbonyl (C=O) groups excluding carboxylic acids is 1. The Morgan fingerprint density at radius 1 is 1.03 bits per heavy atom. The van der Waals surface area contributed by atoms with Crippen LogP contribution in [0.1, 0.15) is 5.56 Å². The van der Waals surface area contributed by atoms with Crippen molar-refractivity contribution in [3.8, 4) is 10.4 Å². The Kier molecular flexibility index (Phi) is 5.76. The van der Waals surface area contributed by atoms with Crippen LogP contribution in [0.2, 0.25) is 0 Å². The van der Waals surface area contributed by atoms with Crippen molar-refractivity contribution in [2.75, 3.05) is 18.4 Å². The van der Waals surface area contributed by atoms with Gasteiger partial charge in [0.25, 0.3) is 0 Å². The van der Waals surface area contributed by atoms with E-state index in [1.807, 2.05) is 24.3 Å². The third-order valence-corrected chi connectivity index (χ3v) is 5.55. The lowest BCUT2D eigenvalue weighted by molar-refractivity contribution is -0.119. The fraction of sp³-hybridized carbons (Fsp3) is 0.136. The van der Waals surface area contributed by atoms with Gasteiger partial charge in [0, 0.05) is 11.4 Å². The molecule has 2 heterocycles. The quantitative estimate of drug-likeness (QED) is 0.481. The molecule has 7 heteroatoms. The van der Waals surface area contributed by atoms with E-state index in [0.29, 0.717) is 18.8 Å². The molecule has 5 nitrogen and oxygen atoms in total. The summed E-state index contributed by atoms with van der Waals surface area (Å²) in [7, 11) is 0. The van der Waals surface area contributed by atoms with Gasteiger partial charge in [0.05, 0.1) is 11.9 Å². The van der Waals surface area contributed by atoms with Crippen molar-refractivity contribution in [3.63, 3.8) is 0 Å². The highest BCUT2D eigenvalue weighted by molar-refractivity contribution is 7.21. The average Bonchev–Trinajstić information content (AvgIpc) is 3.19. The minimum atomic E-state index is -0.262. The Morgan fingerprint density at radius 3 is 2.62 bits per heavy atom. The summed E-state index contributed by atoms with van der Waals surface area (Å²) in [5.41, 5.74) is 2.10. The molecule has 0 unspecified atom stereocenters. The lowest BCUT2D eigenvalue weighted by atomic mass is 10.1. The van der Waals surface area contributed by atoms with E-state index < -0.39 is 0 Å². The fourth-order valence-corrected chi connectivity index (χ4v) is 3.97. The molecule has 0 saturated heterocycles. The van der Waals surface area contributed by atoms with Crippen molar-refractivity contribution < 1.29 is 9.18 Å². The van der Waals surface area contributed by atoms with Crippen LogP contribution in [-0.4, -0.2) is 29.0 Å². The molecule has 0 aliphatic carbocycles. The Hall–Kier alpha value is -3.32. The second-order valence-corrected chi connectivity index (χ2v) is 7.53. The van der Waals surface area contributed by atoms with E-state index in [2.05, 4.69) is 32.7 Å². The maximum absolute atomic E-state index is 12.9. The molecule has 4 aromatic rings. The largest absolute Gasteiger partial charge is 0.360 e. The molecule has 29 heavy (non-hydrogen) atoms. The van der Waals surface area contributed by atoms with Crippen LogP contribution in [0.3, 0.4) is 0 Å². The number of nitrogens with one attached hydrogen (secondary N) is 2. The zero-order valence-corrected chi connectivity index (χ0v) is 16.4. The van der Waals surface area contributed by atoms with E-state index in [-0.39, 0.29) is 18.3 Å². The van der Waals surface area contributed by atoms with Crippen molar-refractivity contribution in [3.05, 3.63) is 78.4 Å². The normalized spacial score (nSPS) is 10.8. The highest BCUT2D eigenvalue weighted by Gasteiger charge is 2.11. The van der Waals surface area contributed by atoms with Crippen LogP contribution in [0.4, 0.5) is 10.2 Å². The van der Waals surface area contributed by atoms with Crippen LogP contribution in [0.15, 0.2) is 67.0 Å². The number of hydrogen-bond donors (Lipinski definition) is 2. The van der Waals surface area contributed by atoms with Crippen molar-refractivity contribution in [2.45, 2.75) is 6.42 Å². The van der Waals surface area contributed by atoms with E-state index in [1.54, 1.807) is 23.5 Å². The van der Waals surface area contributed by atoms with Crippen LogP contribution >= 0.6 is 11.3 Å². The van der Waals surface area contributed by atoms with E-state index in [4.69, 9.17) is 0 Å². The molecule has 2 aromatic heterocycles. The minimum Gasteiger partial charge on any atom is -0.360 e. The van der Waals surface area contributed by atoms with Gasteiger partial charge in [0.2, 0.25) is 5.91 Å². The maximum atomic E-state index is 12.9. The van der Waals surface area contributed by atoms with Gasteiger partial charge < -0.3 is 10.6 Å². The molecule has 1 amide bonds. The Morgan fingerprint density at radius 2 is 1.83 bits per heavy atom. The Bertz CT molecular complexity index is 1110. The molecular formula is C22H19FN4OS. The predicted molar refractivity (Wildman–Crippen MR) is 114 cm³/mol. The second kappa shape index (κ2) is 8.79. The van der Waals surface area contributed by atoms with Gasteiger partial charge in [-0.15, -0.1) is 11.3 Å². The summed E-state index contributed by atoms with van der Waals surface area (Å²) < 4.78 is 12.9. The zero-order valence-electron chi connectivity index (χ0n) is 15.6. The molecule has 0 saturated carbocycles. The molecule has 0 radical (unpaired) electrons. The highest BCUT2D eigenvalue weighted by atomic mass is 32.1. The summed E-state index contributed by atoms with van der Waals surface area (Å²) in [6, 6.07) is 18.4. The summed E-state index contributed by atoms with van der Waals surface area (Å²) in [5.74, 6) is 0.251. The van der Waals surface area contributed by atoms with Gasteiger partial charge in [0.1, 0.15) is 22.8 Å². The maximum Gasteiger partial charge on any atom is 0.239 e. The first-order valence-corrected chi connectivity index (χ1v) is 10.1. The van der Waals surface area contributed by atoms with E-state index in [9.17, 15) is 9.18 Å². The molecule has 0 atom stereocenters. The number of aromatic nitrogens is 2. The third kappa shape index (κ3) is 4.75. The summed E-state index contributed by atoms with van der Waals surface area (Å²) in [5, 5.41) is 6.86. The van der Waals surface area contributed by atoms with E-state index >= 15 is 0 Å². The first kappa shape index (κ1) is 19.0.